The highest BCUT2D eigenvalue weighted by Crippen LogP contribution is 2.14. The van der Waals surface area contributed by atoms with Gasteiger partial charge in [0.15, 0.2) is 0 Å². The predicted molar refractivity (Wildman–Crippen MR) is 131 cm³/mol. The molecule has 0 aromatic rings. The number of nitrogens with zero attached hydrogens (tertiary/aromatic N) is 1. The molecule has 4 radical (unpaired) electrons. The van der Waals surface area contributed by atoms with Crippen molar-refractivity contribution in [3.05, 3.63) is 0 Å². The zero-order chi connectivity index (χ0) is 20.1. The van der Waals surface area contributed by atoms with E-state index in [0.29, 0.717) is 0 Å². The largest absolute Gasteiger partial charge is 1.00 e. The molecule has 0 atom stereocenters. The van der Waals surface area contributed by atoms with Crippen LogP contribution in [0.15, 0.2) is 0 Å². The van der Waals surface area contributed by atoms with Crippen molar-refractivity contribution in [1.29, 1.82) is 0 Å². The summed E-state index contributed by atoms with van der Waals surface area (Å²) >= 11 is 0. The molecule has 28 heavy (non-hydrogen) atoms. The molecular weight excluding hydrogens is 337 g/mol. The lowest BCUT2D eigenvalue weighted by Gasteiger charge is -2.30. The van der Waals surface area contributed by atoms with Crippen LogP contribution in [0.2, 0.25) is 0 Å². The minimum Gasteiger partial charge on any atom is -1.00 e. The molecule has 168 valence electrons. The SMILES string of the molecule is CCCCCCCCCCCC[N+](C)(C)CCCCCCCCCCCC.[B-]. The minimum absolute atomic E-state index is 0. The van der Waals surface area contributed by atoms with Crippen molar-refractivity contribution in [2.24, 2.45) is 0 Å². The Hall–Kier alpha value is 0.0249. The van der Waals surface area contributed by atoms with Gasteiger partial charge >= 0.3 is 0 Å². The van der Waals surface area contributed by atoms with Gasteiger partial charge in [-0.1, -0.05) is 117 Å². The molecule has 2 heteroatoms. The number of quaternary nitrogens is 1. The van der Waals surface area contributed by atoms with Crippen molar-refractivity contribution in [3.63, 3.8) is 0 Å². The monoisotopic (exact) mass is 393 g/mol. The zero-order valence-electron chi connectivity index (χ0n) is 20.6. The van der Waals surface area contributed by atoms with Crippen LogP contribution >= 0.6 is 0 Å². The Bertz CT molecular complexity index is 252. The minimum atomic E-state index is 0. The maximum Gasteiger partial charge on any atom is 0.0782 e. The van der Waals surface area contributed by atoms with Crippen LogP contribution < -0.4 is 0 Å². The van der Waals surface area contributed by atoms with E-state index >= 15 is 0 Å². The van der Waals surface area contributed by atoms with Crippen LogP contribution in [0.1, 0.15) is 142 Å². The number of unbranched alkanes of at least 4 members (excludes halogenated alkanes) is 18. The average Bonchev–Trinajstić information content (AvgIpc) is 2.64. The third-order valence-corrected chi connectivity index (χ3v) is 6.23. The van der Waals surface area contributed by atoms with E-state index in [-0.39, 0.29) is 8.41 Å². The summed E-state index contributed by atoms with van der Waals surface area (Å²) in [7, 11) is 4.89. The summed E-state index contributed by atoms with van der Waals surface area (Å²) in [6.07, 6.45) is 29.0. The lowest BCUT2D eigenvalue weighted by atomic mass is 10.1. The second-order valence-corrected chi connectivity index (χ2v) is 9.75. The standard InChI is InChI=1S/C26H56N.B/c1-5-7-9-11-13-15-17-19-21-23-25-27(3,4)26-24-22-20-18-16-14-12-10-8-6-2;/h5-26H2,1-4H3;/q+1;-1. The van der Waals surface area contributed by atoms with E-state index in [1.807, 2.05) is 0 Å². The average molecular weight is 394 g/mol. The normalized spacial score (nSPS) is 11.6. The van der Waals surface area contributed by atoms with Gasteiger partial charge in [0.2, 0.25) is 0 Å². The third-order valence-electron chi connectivity index (χ3n) is 6.23. The lowest BCUT2D eigenvalue weighted by molar-refractivity contribution is -0.890. The fourth-order valence-electron chi connectivity index (χ4n) is 4.17. The molecule has 0 fully saturated rings. The Morgan fingerprint density at radius 2 is 0.571 bits per heavy atom. The molecule has 0 aromatic carbocycles. The fraction of sp³-hybridized carbons (Fsp3) is 1.00. The van der Waals surface area contributed by atoms with Crippen LogP contribution in [0.5, 0.6) is 0 Å². The molecule has 0 aromatic heterocycles. The van der Waals surface area contributed by atoms with E-state index in [1.54, 1.807) is 0 Å². The number of hydrogen-bond acceptors (Lipinski definition) is 0. The van der Waals surface area contributed by atoms with Crippen LogP contribution in [0, 0.1) is 0 Å². The van der Waals surface area contributed by atoms with E-state index < -0.39 is 0 Å². The summed E-state index contributed by atoms with van der Waals surface area (Å²) in [5.74, 6) is 0. The molecule has 0 aliphatic rings. The summed E-state index contributed by atoms with van der Waals surface area (Å²) in [4.78, 5) is 0. The summed E-state index contributed by atoms with van der Waals surface area (Å²) in [6, 6.07) is 0. The molecule has 0 amide bonds. The van der Waals surface area contributed by atoms with E-state index in [9.17, 15) is 0 Å². The summed E-state index contributed by atoms with van der Waals surface area (Å²) in [5.41, 5.74) is 0. The van der Waals surface area contributed by atoms with Gasteiger partial charge < -0.3 is 12.9 Å². The highest BCUT2D eigenvalue weighted by atomic mass is 15.3. The van der Waals surface area contributed by atoms with Crippen LogP contribution in [0.3, 0.4) is 0 Å². The topological polar surface area (TPSA) is 0 Å². The molecule has 0 bridgehead atoms. The lowest BCUT2D eigenvalue weighted by Crippen LogP contribution is -2.41. The second kappa shape index (κ2) is 23.3. The summed E-state index contributed by atoms with van der Waals surface area (Å²) < 4.78 is 1.24. The second-order valence-electron chi connectivity index (χ2n) is 9.75. The van der Waals surface area contributed by atoms with E-state index in [0.717, 1.165) is 0 Å². The van der Waals surface area contributed by atoms with E-state index in [4.69, 9.17) is 0 Å². The molecule has 0 N–H and O–H groups in total. The molecule has 0 aliphatic heterocycles. The molecule has 0 heterocycles. The van der Waals surface area contributed by atoms with E-state index in [1.165, 1.54) is 146 Å². The van der Waals surface area contributed by atoms with Gasteiger partial charge in [0.1, 0.15) is 0 Å². The Balaban J connectivity index is 0. The van der Waals surface area contributed by atoms with Crippen molar-refractivity contribution in [2.75, 3.05) is 27.2 Å². The molecule has 0 unspecified atom stereocenters. The van der Waals surface area contributed by atoms with Gasteiger partial charge in [-0.3, -0.25) is 0 Å². The molecule has 0 spiro atoms. The van der Waals surface area contributed by atoms with Crippen molar-refractivity contribution in [3.8, 4) is 0 Å². The quantitative estimate of drug-likeness (QED) is 0.0982. The number of hydrogen-bond donors (Lipinski definition) is 0. The maximum atomic E-state index is 2.45. The highest BCUT2D eigenvalue weighted by molar-refractivity contribution is 5.75. The summed E-state index contributed by atoms with van der Waals surface area (Å²) in [5, 5.41) is 0. The van der Waals surface area contributed by atoms with Crippen molar-refractivity contribution < 1.29 is 4.48 Å². The van der Waals surface area contributed by atoms with Gasteiger partial charge in [0, 0.05) is 0 Å². The molecule has 0 saturated heterocycles. The summed E-state index contributed by atoms with van der Waals surface area (Å²) in [6.45, 7) is 7.37. The van der Waals surface area contributed by atoms with Crippen LogP contribution in [-0.4, -0.2) is 40.1 Å². The third kappa shape index (κ3) is 24.1. The number of rotatable bonds is 22. The van der Waals surface area contributed by atoms with Crippen LogP contribution in [0.25, 0.3) is 0 Å². The Kier molecular flexibility index (Phi) is 25.2. The first-order valence-corrected chi connectivity index (χ1v) is 12.9. The Morgan fingerprint density at radius 3 is 0.821 bits per heavy atom. The van der Waals surface area contributed by atoms with Crippen molar-refractivity contribution >= 4 is 8.41 Å². The molecular formula is C26H56BN. The van der Waals surface area contributed by atoms with Crippen LogP contribution in [-0.2, 0) is 0 Å². The Morgan fingerprint density at radius 1 is 0.357 bits per heavy atom. The molecule has 0 rings (SSSR count). The zero-order valence-corrected chi connectivity index (χ0v) is 20.6. The highest BCUT2D eigenvalue weighted by Gasteiger charge is 2.13. The van der Waals surface area contributed by atoms with Gasteiger partial charge in [0.25, 0.3) is 0 Å². The van der Waals surface area contributed by atoms with Gasteiger partial charge in [-0.05, 0) is 25.7 Å². The molecule has 1 nitrogen and oxygen atoms in total. The van der Waals surface area contributed by atoms with Crippen molar-refractivity contribution in [1.82, 2.24) is 0 Å². The molecule has 0 aliphatic carbocycles. The van der Waals surface area contributed by atoms with Gasteiger partial charge in [-0.2, -0.15) is 0 Å². The first-order valence-electron chi connectivity index (χ1n) is 12.9. The fourth-order valence-corrected chi connectivity index (χ4v) is 4.17. The van der Waals surface area contributed by atoms with Crippen LogP contribution in [0.4, 0.5) is 0 Å². The maximum absolute atomic E-state index is 2.45. The van der Waals surface area contributed by atoms with Gasteiger partial charge in [-0.25, -0.2) is 0 Å². The molecule has 0 saturated carbocycles. The van der Waals surface area contributed by atoms with E-state index in [2.05, 4.69) is 27.9 Å². The predicted octanol–water partition coefficient (Wildman–Crippen LogP) is 8.52. The smallest absolute Gasteiger partial charge is 0.0782 e. The van der Waals surface area contributed by atoms with Gasteiger partial charge in [-0.15, -0.1) is 0 Å². The first-order chi connectivity index (χ1) is 13.1. The first kappa shape index (κ1) is 30.2. The van der Waals surface area contributed by atoms with Crippen molar-refractivity contribution in [2.45, 2.75) is 142 Å². The Labute approximate surface area is 182 Å². The van der Waals surface area contributed by atoms with Gasteiger partial charge in [0.05, 0.1) is 27.2 Å².